The maximum absolute atomic E-state index is 1.59. The first-order valence-electron chi connectivity index (χ1n) is 11.4. The molecule has 0 aromatic carbocycles. The van der Waals surface area contributed by atoms with E-state index in [1.807, 2.05) is 0 Å². The number of fused-ring (bicyclic) bond motifs is 1. The molecule has 0 nitrogen and oxygen atoms in total. The van der Waals surface area contributed by atoms with E-state index < -0.39 is 0 Å². The van der Waals surface area contributed by atoms with Crippen LogP contribution in [0, 0.1) is 23.7 Å². The summed E-state index contributed by atoms with van der Waals surface area (Å²) in [6.45, 7) is 0. The zero-order valence-electron chi connectivity index (χ0n) is 15.7. The second-order valence-corrected chi connectivity index (χ2v) is 9.33. The van der Waals surface area contributed by atoms with Gasteiger partial charge in [0.05, 0.1) is 0 Å². The molecule has 0 N–H and O–H groups in total. The molecule has 0 aromatic rings. The largest absolute Gasteiger partial charge is 0.0533 e. The molecule has 0 radical (unpaired) electrons. The standard InChI is InChI=1S/C23H42/c1-2-4-7-14-22-15-8-5-9-16-23(22)18-17-21(11-6-3-1)19-20-12-10-13-20/h20-23H,1-19H2. The quantitative estimate of drug-likeness (QED) is 0.485. The van der Waals surface area contributed by atoms with Gasteiger partial charge in [-0.15, -0.1) is 0 Å². The van der Waals surface area contributed by atoms with Crippen LogP contribution in [0.2, 0.25) is 0 Å². The minimum atomic E-state index is 1.09. The molecule has 3 aliphatic rings. The summed E-state index contributed by atoms with van der Waals surface area (Å²) in [5, 5.41) is 0. The molecule has 3 rings (SSSR count). The molecule has 0 saturated heterocycles. The highest BCUT2D eigenvalue weighted by Crippen LogP contribution is 2.40. The minimum absolute atomic E-state index is 1.09. The summed E-state index contributed by atoms with van der Waals surface area (Å²) in [5.41, 5.74) is 0. The highest BCUT2D eigenvalue weighted by Gasteiger charge is 2.26. The summed E-state index contributed by atoms with van der Waals surface area (Å²) in [4.78, 5) is 0. The van der Waals surface area contributed by atoms with Gasteiger partial charge in [0, 0.05) is 0 Å². The Morgan fingerprint density at radius 3 is 1.39 bits per heavy atom. The van der Waals surface area contributed by atoms with Crippen LogP contribution in [0.1, 0.15) is 122 Å². The van der Waals surface area contributed by atoms with Crippen LogP contribution in [0.5, 0.6) is 0 Å². The molecule has 3 saturated carbocycles. The predicted octanol–water partition coefficient (Wildman–Crippen LogP) is 7.90. The summed E-state index contributed by atoms with van der Waals surface area (Å²) in [7, 11) is 0. The van der Waals surface area contributed by atoms with Gasteiger partial charge in [0.1, 0.15) is 0 Å². The van der Waals surface area contributed by atoms with Gasteiger partial charge in [-0.25, -0.2) is 0 Å². The second kappa shape index (κ2) is 10.1. The lowest BCUT2D eigenvalue weighted by atomic mass is 9.74. The van der Waals surface area contributed by atoms with E-state index in [2.05, 4.69) is 0 Å². The fourth-order valence-corrected chi connectivity index (χ4v) is 5.80. The Hall–Kier alpha value is 0. The summed E-state index contributed by atoms with van der Waals surface area (Å²) in [6.07, 6.45) is 29.4. The van der Waals surface area contributed by atoms with Gasteiger partial charge in [-0.05, 0) is 36.5 Å². The van der Waals surface area contributed by atoms with E-state index in [9.17, 15) is 0 Å². The first kappa shape index (κ1) is 17.8. The van der Waals surface area contributed by atoms with Crippen molar-refractivity contribution in [2.45, 2.75) is 122 Å². The van der Waals surface area contributed by atoms with Crippen LogP contribution in [-0.2, 0) is 0 Å². The van der Waals surface area contributed by atoms with Gasteiger partial charge >= 0.3 is 0 Å². The lowest BCUT2D eigenvalue weighted by Gasteiger charge is -2.31. The molecule has 0 spiro atoms. The third-order valence-corrected chi connectivity index (χ3v) is 7.59. The highest BCUT2D eigenvalue weighted by molar-refractivity contribution is 4.78. The lowest BCUT2D eigenvalue weighted by Crippen LogP contribution is -2.19. The smallest absolute Gasteiger partial charge is 0.0386 e. The van der Waals surface area contributed by atoms with Gasteiger partial charge < -0.3 is 0 Å². The maximum Gasteiger partial charge on any atom is -0.0386 e. The van der Waals surface area contributed by atoms with Crippen LogP contribution in [0.3, 0.4) is 0 Å². The molecule has 3 aliphatic carbocycles. The van der Waals surface area contributed by atoms with E-state index in [0.29, 0.717) is 0 Å². The van der Waals surface area contributed by atoms with Crippen molar-refractivity contribution >= 4 is 0 Å². The van der Waals surface area contributed by atoms with Crippen molar-refractivity contribution in [1.82, 2.24) is 0 Å². The maximum atomic E-state index is 1.59. The molecule has 0 amide bonds. The zero-order valence-corrected chi connectivity index (χ0v) is 15.7. The topological polar surface area (TPSA) is 0 Å². The third kappa shape index (κ3) is 6.09. The van der Waals surface area contributed by atoms with Crippen LogP contribution >= 0.6 is 0 Å². The molecule has 134 valence electrons. The van der Waals surface area contributed by atoms with Gasteiger partial charge in [0.15, 0.2) is 0 Å². The molecular weight excluding hydrogens is 276 g/mol. The number of rotatable bonds is 2. The molecular formula is C23H42. The Morgan fingerprint density at radius 2 is 0.783 bits per heavy atom. The molecule has 0 bridgehead atoms. The van der Waals surface area contributed by atoms with Crippen LogP contribution in [0.4, 0.5) is 0 Å². The van der Waals surface area contributed by atoms with Gasteiger partial charge in [-0.2, -0.15) is 0 Å². The normalized spacial score (nSPS) is 35.7. The lowest BCUT2D eigenvalue weighted by molar-refractivity contribution is 0.205. The van der Waals surface area contributed by atoms with E-state index >= 15 is 0 Å². The molecule has 0 heterocycles. The second-order valence-electron chi connectivity index (χ2n) is 9.33. The summed E-state index contributed by atoms with van der Waals surface area (Å²) < 4.78 is 0. The summed E-state index contributed by atoms with van der Waals surface area (Å²) in [5.74, 6) is 4.41. The van der Waals surface area contributed by atoms with Crippen molar-refractivity contribution in [3.05, 3.63) is 0 Å². The Kier molecular flexibility index (Phi) is 7.82. The third-order valence-electron chi connectivity index (χ3n) is 7.59. The Bertz CT molecular complexity index is 303. The Balaban J connectivity index is 1.55. The molecule has 0 aliphatic heterocycles. The predicted molar refractivity (Wildman–Crippen MR) is 102 cm³/mol. The fourth-order valence-electron chi connectivity index (χ4n) is 5.80. The first-order chi connectivity index (χ1) is 11.4. The van der Waals surface area contributed by atoms with Crippen molar-refractivity contribution < 1.29 is 0 Å². The fraction of sp³-hybridized carbons (Fsp3) is 1.00. The first-order valence-corrected chi connectivity index (χ1v) is 11.4. The van der Waals surface area contributed by atoms with E-state index in [-0.39, 0.29) is 0 Å². The van der Waals surface area contributed by atoms with Crippen molar-refractivity contribution in [3.8, 4) is 0 Å². The number of hydrogen-bond donors (Lipinski definition) is 0. The van der Waals surface area contributed by atoms with Crippen molar-refractivity contribution in [3.63, 3.8) is 0 Å². The number of hydrogen-bond acceptors (Lipinski definition) is 0. The van der Waals surface area contributed by atoms with Crippen LogP contribution < -0.4 is 0 Å². The SMILES string of the molecule is C1CCCCC2CCCCCC2CCC(CC2CCC2)CCC1. The van der Waals surface area contributed by atoms with Crippen molar-refractivity contribution in [1.29, 1.82) is 0 Å². The summed E-state index contributed by atoms with van der Waals surface area (Å²) in [6, 6.07) is 0. The van der Waals surface area contributed by atoms with Crippen LogP contribution in [0.25, 0.3) is 0 Å². The molecule has 3 unspecified atom stereocenters. The average Bonchev–Trinajstić information content (AvgIpc) is 2.73. The zero-order chi connectivity index (χ0) is 15.7. The Morgan fingerprint density at radius 1 is 0.348 bits per heavy atom. The van der Waals surface area contributed by atoms with E-state index in [0.717, 1.165) is 23.7 Å². The monoisotopic (exact) mass is 318 g/mol. The van der Waals surface area contributed by atoms with E-state index in [4.69, 9.17) is 0 Å². The van der Waals surface area contributed by atoms with E-state index in [1.165, 1.54) is 64.2 Å². The highest BCUT2D eigenvalue weighted by atomic mass is 14.3. The molecule has 3 atom stereocenters. The van der Waals surface area contributed by atoms with Gasteiger partial charge in [-0.1, -0.05) is 109 Å². The van der Waals surface area contributed by atoms with Gasteiger partial charge in [0.2, 0.25) is 0 Å². The van der Waals surface area contributed by atoms with Crippen molar-refractivity contribution in [2.24, 2.45) is 23.7 Å². The van der Waals surface area contributed by atoms with Gasteiger partial charge in [-0.3, -0.25) is 0 Å². The van der Waals surface area contributed by atoms with Crippen molar-refractivity contribution in [2.75, 3.05) is 0 Å². The van der Waals surface area contributed by atoms with Crippen LogP contribution in [-0.4, -0.2) is 0 Å². The molecule has 0 heteroatoms. The Labute approximate surface area is 146 Å². The van der Waals surface area contributed by atoms with E-state index in [1.54, 1.807) is 57.8 Å². The van der Waals surface area contributed by atoms with Crippen LogP contribution in [0.15, 0.2) is 0 Å². The summed E-state index contributed by atoms with van der Waals surface area (Å²) >= 11 is 0. The van der Waals surface area contributed by atoms with Gasteiger partial charge in [0.25, 0.3) is 0 Å². The minimum Gasteiger partial charge on any atom is -0.0533 e. The molecule has 3 fully saturated rings. The average molecular weight is 319 g/mol. The molecule has 23 heavy (non-hydrogen) atoms. The molecule has 0 aromatic heterocycles.